The van der Waals surface area contributed by atoms with Crippen molar-refractivity contribution in [2.45, 2.75) is 6.42 Å². The predicted molar refractivity (Wildman–Crippen MR) is 77.2 cm³/mol. The van der Waals surface area contributed by atoms with Gasteiger partial charge < -0.3 is 11.1 Å². The van der Waals surface area contributed by atoms with Gasteiger partial charge in [0.15, 0.2) is 0 Å². The molecule has 0 aliphatic carbocycles. The third kappa shape index (κ3) is 2.37. The van der Waals surface area contributed by atoms with Gasteiger partial charge in [0.2, 0.25) is 5.95 Å². The number of thiophene rings is 1. The van der Waals surface area contributed by atoms with Crippen LogP contribution in [0.1, 0.15) is 5.69 Å². The lowest BCUT2D eigenvalue weighted by Crippen LogP contribution is -2.10. The number of nitrogens with two attached hydrogens (primary N) is 1. The standard InChI is InChI=1S/C12H14N6S/c1-18-8(3-6-15-18)2-5-14-10-9-4-7-19-11(9)17-12(13)16-10/h3-4,6-7H,2,5H2,1H3,(H3,13,14,16,17). The molecule has 3 aromatic rings. The third-order valence-electron chi connectivity index (χ3n) is 2.94. The van der Waals surface area contributed by atoms with Crippen molar-refractivity contribution < 1.29 is 0 Å². The summed E-state index contributed by atoms with van der Waals surface area (Å²) in [5.41, 5.74) is 6.88. The number of hydrogen-bond donors (Lipinski definition) is 2. The van der Waals surface area contributed by atoms with Crippen LogP contribution in [0.2, 0.25) is 0 Å². The maximum absolute atomic E-state index is 5.70. The van der Waals surface area contributed by atoms with Crippen molar-refractivity contribution in [1.82, 2.24) is 19.7 Å². The van der Waals surface area contributed by atoms with Crippen LogP contribution in [0.5, 0.6) is 0 Å². The molecule has 0 aliphatic rings. The van der Waals surface area contributed by atoms with Gasteiger partial charge in [-0.1, -0.05) is 0 Å². The smallest absolute Gasteiger partial charge is 0.223 e. The Morgan fingerprint density at radius 1 is 1.37 bits per heavy atom. The Morgan fingerprint density at radius 2 is 2.26 bits per heavy atom. The van der Waals surface area contributed by atoms with Crippen LogP contribution < -0.4 is 11.1 Å². The van der Waals surface area contributed by atoms with Gasteiger partial charge in [-0.15, -0.1) is 11.3 Å². The fourth-order valence-corrected chi connectivity index (χ4v) is 2.73. The molecule has 3 rings (SSSR count). The highest BCUT2D eigenvalue weighted by Crippen LogP contribution is 2.25. The minimum atomic E-state index is 0.304. The molecule has 0 saturated heterocycles. The molecule has 0 radical (unpaired) electrons. The average molecular weight is 274 g/mol. The van der Waals surface area contributed by atoms with Crippen molar-refractivity contribution in [3.63, 3.8) is 0 Å². The molecule has 0 aliphatic heterocycles. The number of anilines is 2. The summed E-state index contributed by atoms with van der Waals surface area (Å²) in [5.74, 6) is 1.10. The number of nitrogens with one attached hydrogen (secondary N) is 1. The summed E-state index contributed by atoms with van der Waals surface area (Å²) < 4.78 is 1.87. The molecule has 0 spiro atoms. The van der Waals surface area contributed by atoms with Gasteiger partial charge in [-0.2, -0.15) is 10.1 Å². The molecule has 3 aromatic heterocycles. The van der Waals surface area contributed by atoms with E-state index in [1.165, 1.54) is 5.69 Å². The first kappa shape index (κ1) is 11.9. The number of nitrogens with zero attached hydrogens (tertiary/aromatic N) is 4. The molecule has 0 unspecified atom stereocenters. The zero-order chi connectivity index (χ0) is 13.2. The van der Waals surface area contributed by atoms with E-state index in [0.717, 1.165) is 29.0 Å². The summed E-state index contributed by atoms with van der Waals surface area (Å²) >= 11 is 1.56. The number of rotatable bonds is 4. The van der Waals surface area contributed by atoms with Gasteiger partial charge in [0, 0.05) is 31.9 Å². The fourth-order valence-electron chi connectivity index (χ4n) is 1.96. The lowest BCUT2D eigenvalue weighted by molar-refractivity contribution is 0.711. The average Bonchev–Trinajstić information content (AvgIpc) is 2.98. The molecular formula is C12H14N6S. The summed E-state index contributed by atoms with van der Waals surface area (Å²) in [5, 5.41) is 10.5. The van der Waals surface area contributed by atoms with E-state index in [1.54, 1.807) is 17.5 Å². The van der Waals surface area contributed by atoms with Gasteiger partial charge in [-0.3, -0.25) is 4.68 Å². The molecule has 0 saturated carbocycles. The van der Waals surface area contributed by atoms with Crippen LogP contribution in [0.15, 0.2) is 23.7 Å². The molecule has 0 aromatic carbocycles. The second-order valence-electron chi connectivity index (χ2n) is 4.19. The van der Waals surface area contributed by atoms with Crippen molar-refractivity contribution in [2.24, 2.45) is 7.05 Å². The summed E-state index contributed by atoms with van der Waals surface area (Å²) in [4.78, 5) is 9.37. The summed E-state index contributed by atoms with van der Waals surface area (Å²) in [6, 6.07) is 4.02. The summed E-state index contributed by atoms with van der Waals surface area (Å²) in [6.07, 6.45) is 2.68. The Morgan fingerprint density at radius 3 is 3.05 bits per heavy atom. The minimum absolute atomic E-state index is 0.304. The van der Waals surface area contributed by atoms with E-state index in [-0.39, 0.29) is 0 Å². The first-order chi connectivity index (χ1) is 9.24. The quantitative estimate of drug-likeness (QED) is 0.756. The Hall–Kier alpha value is -2.15. The second-order valence-corrected chi connectivity index (χ2v) is 5.09. The Kier molecular flexibility index (Phi) is 3.04. The first-order valence-electron chi connectivity index (χ1n) is 5.95. The number of hydrogen-bond acceptors (Lipinski definition) is 6. The van der Waals surface area contributed by atoms with Crippen LogP contribution >= 0.6 is 11.3 Å². The third-order valence-corrected chi connectivity index (χ3v) is 3.75. The van der Waals surface area contributed by atoms with Gasteiger partial charge in [0.25, 0.3) is 0 Å². The van der Waals surface area contributed by atoms with Crippen molar-refractivity contribution in [3.8, 4) is 0 Å². The molecule has 19 heavy (non-hydrogen) atoms. The fraction of sp³-hybridized carbons (Fsp3) is 0.250. The Labute approximate surface area is 114 Å². The van der Waals surface area contributed by atoms with Gasteiger partial charge >= 0.3 is 0 Å². The maximum Gasteiger partial charge on any atom is 0.223 e. The Bertz CT molecular complexity index is 701. The largest absolute Gasteiger partial charge is 0.369 e. The van der Waals surface area contributed by atoms with E-state index in [4.69, 9.17) is 5.73 Å². The predicted octanol–water partition coefficient (Wildman–Crippen LogP) is 1.66. The summed E-state index contributed by atoms with van der Waals surface area (Å²) in [6.45, 7) is 0.779. The van der Waals surface area contributed by atoms with Gasteiger partial charge in [0.05, 0.1) is 5.39 Å². The molecule has 0 atom stereocenters. The number of fused-ring (bicyclic) bond motifs is 1. The lowest BCUT2D eigenvalue weighted by atomic mass is 10.3. The highest BCUT2D eigenvalue weighted by Gasteiger charge is 2.07. The number of aromatic nitrogens is 4. The molecule has 0 amide bonds. The monoisotopic (exact) mass is 274 g/mol. The number of aryl methyl sites for hydroxylation is 1. The maximum atomic E-state index is 5.70. The van der Waals surface area contributed by atoms with Crippen LogP contribution in [0.3, 0.4) is 0 Å². The molecular weight excluding hydrogens is 260 g/mol. The van der Waals surface area contributed by atoms with E-state index in [0.29, 0.717) is 5.95 Å². The molecule has 98 valence electrons. The topological polar surface area (TPSA) is 81.7 Å². The van der Waals surface area contributed by atoms with Gasteiger partial charge in [-0.25, -0.2) is 4.98 Å². The van der Waals surface area contributed by atoms with E-state index >= 15 is 0 Å². The van der Waals surface area contributed by atoms with Crippen molar-refractivity contribution in [2.75, 3.05) is 17.6 Å². The highest BCUT2D eigenvalue weighted by molar-refractivity contribution is 7.16. The summed E-state index contributed by atoms with van der Waals surface area (Å²) in [7, 11) is 1.94. The van der Waals surface area contributed by atoms with Crippen LogP contribution in [-0.4, -0.2) is 26.3 Å². The van der Waals surface area contributed by atoms with Crippen LogP contribution in [0, 0.1) is 0 Å². The first-order valence-corrected chi connectivity index (χ1v) is 6.83. The van der Waals surface area contributed by atoms with E-state index < -0.39 is 0 Å². The van der Waals surface area contributed by atoms with Crippen molar-refractivity contribution in [3.05, 3.63) is 29.4 Å². The SMILES string of the molecule is Cn1nccc1CCNc1nc(N)nc2sccc12. The van der Waals surface area contributed by atoms with Gasteiger partial charge in [0.1, 0.15) is 10.6 Å². The normalized spacial score (nSPS) is 11.0. The number of nitrogen functional groups attached to an aromatic ring is 1. The molecule has 3 heterocycles. The molecule has 6 nitrogen and oxygen atoms in total. The molecule has 7 heteroatoms. The van der Waals surface area contributed by atoms with Gasteiger partial charge in [-0.05, 0) is 17.5 Å². The highest BCUT2D eigenvalue weighted by atomic mass is 32.1. The zero-order valence-corrected chi connectivity index (χ0v) is 11.3. The second kappa shape index (κ2) is 4.85. The van der Waals surface area contributed by atoms with Crippen LogP contribution in [-0.2, 0) is 13.5 Å². The van der Waals surface area contributed by atoms with E-state index in [1.807, 2.05) is 29.2 Å². The molecule has 0 bridgehead atoms. The van der Waals surface area contributed by atoms with Crippen molar-refractivity contribution >= 4 is 33.3 Å². The minimum Gasteiger partial charge on any atom is -0.369 e. The zero-order valence-electron chi connectivity index (χ0n) is 10.5. The Balaban J connectivity index is 1.75. The molecule has 0 fully saturated rings. The van der Waals surface area contributed by atoms with E-state index in [9.17, 15) is 0 Å². The van der Waals surface area contributed by atoms with Crippen LogP contribution in [0.25, 0.3) is 10.2 Å². The lowest BCUT2D eigenvalue weighted by Gasteiger charge is -2.07. The van der Waals surface area contributed by atoms with Crippen LogP contribution in [0.4, 0.5) is 11.8 Å². The molecule has 3 N–H and O–H groups in total. The van der Waals surface area contributed by atoms with E-state index in [2.05, 4.69) is 20.4 Å². The van der Waals surface area contributed by atoms with Crippen molar-refractivity contribution in [1.29, 1.82) is 0 Å².